The normalized spacial score (nSPS) is 15.9. The highest BCUT2D eigenvalue weighted by Crippen LogP contribution is 2.39. The Labute approximate surface area is 201 Å². The Bertz CT molecular complexity index is 1420. The maximum atomic E-state index is 11.6. The highest BCUT2D eigenvalue weighted by molar-refractivity contribution is 7.89. The van der Waals surface area contributed by atoms with E-state index in [0.29, 0.717) is 17.9 Å². The number of benzene rings is 3. The van der Waals surface area contributed by atoms with Crippen LogP contribution in [0, 0.1) is 32.1 Å². The number of nitrogens with zero attached hydrogens (tertiary/aromatic N) is 2. The summed E-state index contributed by atoms with van der Waals surface area (Å²) in [7, 11) is -3.74. The lowest BCUT2D eigenvalue weighted by Crippen LogP contribution is -2.18. The third-order valence-corrected chi connectivity index (χ3v) is 7.25. The van der Waals surface area contributed by atoms with Crippen molar-refractivity contribution in [2.75, 3.05) is 11.4 Å². The van der Waals surface area contributed by atoms with Gasteiger partial charge in [-0.25, -0.2) is 13.6 Å². The first-order chi connectivity index (χ1) is 16.1. The van der Waals surface area contributed by atoms with Crippen LogP contribution in [0.2, 0.25) is 0 Å². The number of nitriles is 1. The summed E-state index contributed by atoms with van der Waals surface area (Å²) in [6, 6.07) is 18.5. The lowest BCUT2D eigenvalue weighted by molar-refractivity contribution is 0.475. The Kier molecular flexibility index (Phi) is 6.22. The number of primary sulfonamides is 1. The molecule has 4 rings (SSSR count). The summed E-state index contributed by atoms with van der Waals surface area (Å²) in [6.45, 7) is 11.0. The van der Waals surface area contributed by atoms with Crippen LogP contribution in [-0.4, -0.2) is 15.0 Å². The molecule has 2 N–H and O–H groups in total. The van der Waals surface area contributed by atoms with Crippen molar-refractivity contribution < 1.29 is 13.2 Å². The number of nitrogens with two attached hydrogens (primary N) is 1. The second-order valence-corrected chi connectivity index (χ2v) is 10.4. The number of ether oxygens (including phenoxy) is 1. The fourth-order valence-electron chi connectivity index (χ4n) is 4.33. The molecular weight excluding hydrogens is 446 g/mol. The Morgan fingerprint density at radius 1 is 1.06 bits per heavy atom. The predicted molar refractivity (Wildman–Crippen MR) is 134 cm³/mol. The summed E-state index contributed by atoms with van der Waals surface area (Å²) < 4.78 is 29.4. The number of hydrogen-bond acceptors (Lipinski definition) is 5. The summed E-state index contributed by atoms with van der Waals surface area (Å²) in [5, 5.41) is 14.9. The smallest absolute Gasteiger partial charge is 0.238 e. The molecule has 1 aliphatic heterocycles. The first-order valence-electron chi connectivity index (χ1n) is 10.9. The fraction of sp³-hybridized carbons (Fsp3) is 0.222. The summed E-state index contributed by atoms with van der Waals surface area (Å²) in [5.41, 5.74) is 6.62. The molecular formula is C27H27N3O3S. The molecule has 3 aromatic carbocycles. The van der Waals surface area contributed by atoms with E-state index in [0.717, 1.165) is 45.8 Å². The molecule has 34 heavy (non-hydrogen) atoms. The van der Waals surface area contributed by atoms with Crippen molar-refractivity contribution in [3.63, 3.8) is 0 Å². The van der Waals surface area contributed by atoms with E-state index in [-0.39, 0.29) is 10.8 Å². The van der Waals surface area contributed by atoms with Gasteiger partial charge in [0.05, 0.1) is 10.5 Å². The third-order valence-electron chi connectivity index (χ3n) is 6.33. The van der Waals surface area contributed by atoms with Crippen LogP contribution in [0.4, 0.5) is 5.69 Å². The van der Waals surface area contributed by atoms with Crippen molar-refractivity contribution in [2.45, 2.75) is 38.0 Å². The Hall–Kier alpha value is -3.60. The van der Waals surface area contributed by atoms with E-state index in [4.69, 9.17) is 9.88 Å². The van der Waals surface area contributed by atoms with Crippen LogP contribution in [-0.2, 0) is 10.0 Å². The SMILES string of the molecule is C=C1C[C@H](c2ccc(C#N)c(Oc3cc(C)cc(C)c3C)c2)CN1c1ccc(S(N)(=O)=O)cc1. The molecule has 0 spiro atoms. The fourth-order valence-corrected chi connectivity index (χ4v) is 4.85. The van der Waals surface area contributed by atoms with Gasteiger partial charge >= 0.3 is 0 Å². The zero-order chi connectivity index (χ0) is 24.6. The summed E-state index contributed by atoms with van der Waals surface area (Å²) in [4.78, 5) is 2.15. The van der Waals surface area contributed by atoms with E-state index < -0.39 is 10.0 Å². The van der Waals surface area contributed by atoms with Crippen LogP contribution in [0.1, 0.15) is 40.2 Å². The topological polar surface area (TPSA) is 96.4 Å². The minimum absolute atomic E-state index is 0.0770. The molecule has 0 amide bonds. The first-order valence-corrected chi connectivity index (χ1v) is 12.5. The number of rotatable bonds is 5. The van der Waals surface area contributed by atoms with E-state index in [1.54, 1.807) is 18.2 Å². The van der Waals surface area contributed by atoms with Gasteiger partial charge in [0.25, 0.3) is 0 Å². The van der Waals surface area contributed by atoms with Gasteiger partial charge in [0.15, 0.2) is 0 Å². The van der Waals surface area contributed by atoms with Crippen LogP contribution >= 0.6 is 0 Å². The Balaban J connectivity index is 1.61. The average Bonchev–Trinajstić information content (AvgIpc) is 3.18. The molecule has 0 saturated carbocycles. The van der Waals surface area contributed by atoms with Gasteiger partial charge in [0, 0.05) is 23.8 Å². The lowest BCUT2D eigenvalue weighted by atomic mass is 9.96. The summed E-state index contributed by atoms with van der Waals surface area (Å²) >= 11 is 0. The standard InChI is InChI=1S/C27H27N3O3S/c1-17-11-18(2)20(4)26(12-17)33-27-14-21(5-6-22(27)15-28)23-13-19(3)30(16-23)24-7-9-25(10-8-24)34(29,31)32/h5-12,14,23H,3,13,16H2,1-2,4H3,(H2,29,31,32)/t23-/m0/s1. The van der Waals surface area contributed by atoms with Crippen LogP contribution in [0.3, 0.4) is 0 Å². The zero-order valence-corrected chi connectivity index (χ0v) is 20.3. The van der Waals surface area contributed by atoms with Crippen molar-refractivity contribution >= 4 is 15.7 Å². The van der Waals surface area contributed by atoms with Gasteiger partial charge in [-0.3, -0.25) is 0 Å². The van der Waals surface area contributed by atoms with Crippen LogP contribution in [0.5, 0.6) is 11.5 Å². The number of aryl methyl sites for hydroxylation is 2. The molecule has 3 aromatic rings. The maximum Gasteiger partial charge on any atom is 0.238 e. The van der Waals surface area contributed by atoms with Crippen LogP contribution in [0.15, 0.2) is 71.8 Å². The van der Waals surface area contributed by atoms with Crippen molar-refractivity contribution in [2.24, 2.45) is 5.14 Å². The largest absolute Gasteiger partial charge is 0.456 e. The summed E-state index contributed by atoms with van der Waals surface area (Å²) in [5.74, 6) is 1.44. The molecule has 174 valence electrons. The highest BCUT2D eigenvalue weighted by Gasteiger charge is 2.28. The van der Waals surface area contributed by atoms with Gasteiger partial charge in [0.1, 0.15) is 17.6 Å². The Morgan fingerprint density at radius 3 is 2.41 bits per heavy atom. The Morgan fingerprint density at radius 2 is 1.76 bits per heavy atom. The predicted octanol–water partition coefficient (Wildman–Crippen LogP) is 5.43. The second-order valence-electron chi connectivity index (χ2n) is 8.79. The van der Waals surface area contributed by atoms with Gasteiger partial charge in [-0.15, -0.1) is 0 Å². The molecule has 1 atom stereocenters. The second kappa shape index (κ2) is 8.98. The van der Waals surface area contributed by atoms with E-state index in [2.05, 4.69) is 23.6 Å². The van der Waals surface area contributed by atoms with Gasteiger partial charge in [-0.1, -0.05) is 18.7 Å². The monoisotopic (exact) mass is 473 g/mol. The van der Waals surface area contributed by atoms with Crippen molar-refractivity contribution in [3.8, 4) is 17.6 Å². The average molecular weight is 474 g/mol. The number of sulfonamides is 1. The van der Waals surface area contributed by atoms with Crippen LogP contribution < -0.4 is 14.8 Å². The van der Waals surface area contributed by atoms with Crippen molar-refractivity contribution in [3.05, 3.63) is 94.7 Å². The molecule has 0 aromatic heterocycles. The van der Waals surface area contributed by atoms with Crippen molar-refractivity contribution in [1.82, 2.24) is 0 Å². The highest BCUT2D eigenvalue weighted by atomic mass is 32.2. The van der Waals surface area contributed by atoms with Gasteiger partial charge in [0.2, 0.25) is 10.0 Å². The molecule has 0 bridgehead atoms. The van der Waals surface area contributed by atoms with E-state index in [1.165, 1.54) is 12.1 Å². The molecule has 0 aliphatic carbocycles. The van der Waals surface area contributed by atoms with E-state index >= 15 is 0 Å². The summed E-state index contributed by atoms with van der Waals surface area (Å²) in [6.07, 6.45) is 0.741. The molecule has 1 aliphatic rings. The molecule has 0 unspecified atom stereocenters. The van der Waals surface area contributed by atoms with E-state index in [9.17, 15) is 13.7 Å². The van der Waals surface area contributed by atoms with Gasteiger partial charge < -0.3 is 9.64 Å². The molecule has 1 heterocycles. The quantitative estimate of drug-likeness (QED) is 0.533. The number of anilines is 1. The minimum Gasteiger partial charge on any atom is -0.456 e. The lowest BCUT2D eigenvalue weighted by Gasteiger charge is -2.20. The van der Waals surface area contributed by atoms with Crippen molar-refractivity contribution in [1.29, 1.82) is 5.26 Å². The zero-order valence-electron chi connectivity index (χ0n) is 19.5. The van der Waals surface area contributed by atoms with Gasteiger partial charge in [-0.05, 0) is 91.9 Å². The molecule has 6 nitrogen and oxygen atoms in total. The van der Waals surface area contributed by atoms with Crippen LogP contribution in [0.25, 0.3) is 0 Å². The maximum absolute atomic E-state index is 11.6. The molecule has 0 radical (unpaired) electrons. The number of hydrogen-bond donors (Lipinski definition) is 1. The first kappa shape index (κ1) is 23.6. The minimum atomic E-state index is -3.74. The number of allylic oxidation sites excluding steroid dienone is 1. The van der Waals surface area contributed by atoms with E-state index in [1.807, 2.05) is 39.0 Å². The molecule has 1 saturated heterocycles. The molecule has 1 fully saturated rings. The molecule has 7 heteroatoms. The van der Waals surface area contributed by atoms with Gasteiger partial charge in [-0.2, -0.15) is 5.26 Å². The third kappa shape index (κ3) is 4.69.